The Bertz CT molecular complexity index is 1490. The lowest BCUT2D eigenvalue weighted by atomic mass is 10.2. The number of carbonyl (C=O) groups is 2. The zero-order chi connectivity index (χ0) is 30.4. The van der Waals surface area contributed by atoms with Crippen molar-refractivity contribution in [2.45, 2.75) is 56.3 Å². The van der Waals surface area contributed by atoms with Gasteiger partial charge in [0.25, 0.3) is 0 Å². The fourth-order valence-electron chi connectivity index (χ4n) is 3.13. The van der Waals surface area contributed by atoms with E-state index in [9.17, 15) is 26.8 Å². The average molecular weight is 613 g/mol. The molecule has 3 aromatic rings. The van der Waals surface area contributed by atoms with Gasteiger partial charge in [0.2, 0.25) is 11.9 Å². The normalized spacial score (nSPS) is 11.7. The first-order chi connectivity index (χ1) is 19.1. The minimum absolute atomic E-state index is 0.0215. The van der Waals surface area contributed by atoms with Gasteiger partial charge in [-0.1, -0.05) is 6.07 Å². The summed E-state index contributed by atoms with van der Waals surface area (Å²) in [5.41, 5.74) is 0.246. The van der Waals surface area contributed by atoms with Crippen LogP contribution in [0, 0.1) is 0 Å². The van der Waals surface area contributed by atoms with Crippen molar-refractivity contribution in [1.29, 1.82) is 0 Å². The van der Waals surface area contributed by atoms with Crippen molar-refractivity contribution in [2.24, 2.45) is 0 Å². The molecule has 0 unspecified atom stereocenters. The van der Waals surface area contributed by atoms with Crippen LogP contribution in [-0.4, -0.2) is 54.4 Å². The number of hydrogen-bond donors (Lipinski definition) is 4. The summed E-state index contributed by atoms with van der Waals surface area (Å²) in [6.07, 6.45) is 0.279. The van der Waals surface area contributed by atoms with Crippen LogP contribution < -0.4 is 26.0 Å². The van der Waals surface area contributed by atoms with Crippen LogP contribution >= 0.6 is 11.3 Å². The van der Waals surface area contributed by atoms with Gasteiger partial charge in [-0.3, -0.25) is 4.79 Å². The molecule has 4 N–H and O–H groups in total. The van der Waals surface area contributed by atoms with Crippen LogP contribution in [-0.2, 0) is 19.4 Å². The molecule has 222 valence electrons. The van der Waals surface area contributed by atoms with Crippen molar-refractivity contribution in [2.75, 3.05) is 22.5 Å². The van der Waals surface area contributed by atoms with Gasteiger partial charge in [-0.25, -0.2) is 18.2 Å². The lowest BCUT2D eigenvalue weighted by molar-refractivity contribution is -0.115. The fourth-order valence-corrected chi connectivity index (χ4v) is 5.84. The second-order valence-electron chi connectivity index (χ2n) is 9.73. The Morgan fingerprint density at radius 2 is 1.80 bits per heavy atom. The highest BCUT2D eigenvalue weighted by molar-refractivity contribution is 7.94. The van der Waals surface area contributed by atoms with E-state index in [1.807, 2.05) is 0 Å². The van der Waals surface area contributed by atoms with E-state index in [-0.39, 0.29) is 28.2 Å². The standard InChI is InChI=1S/C25H30F2N6O6S2/c1-14(2)41(36,37)21-17(9-10-40-21)32-20-18(38-22(26)27)12-28-23(33-20)31-16-8-6-7-15(11-16)30-19(34)13-29-24(35)39-25(3,4)5/h6-12,14,22H,13H2,1-5H3,(H,29,35)(H,30,34)(H2,28,31,32,33). The number of rotatable bonds is 11. The first-order valence-electron chi connectivity index (χ1n) is 12.2. The number of sulfone groups is 1. The molecule has 2 amide bonds. The maximum atomic E-state index is 13.0. The van der Waals surface area contributed by atoms with E-state index in [0.29, 0.717) is 11.4 Å². The van der Waals surface area contributed by atoms with Gasteiger partial charge in [0.05, 0.1) is 17.1 Å². The van der Waals surface area contributed by atoms with Gasteiger partial charge in [0, 0.05) is 11.4 Å². The molecule has 12 nitrogen and oxygen atoms in total. The number of nitrogens with one attached hydrogen (secondary N) is 4. The molecule has 2 heterocycles. The molecule has 0 bridgehead atoms. The molecule has 41 heavy (non-hydrogen) atoms. The third-order valence-electron chi connectivity index (χ3n) is 4.93. The number of carbonyl (C=O) groups excluding carboxylic acids is 2. The van der Waals surface area contributed by atoms with E-state index >= 15 is 0 Å². The molecule has 3 rings (SSSR count). The van der Waals surface area contributed by atoms with E-state index in [1.165, 1.54) is 19.9 Å². The van der Waals surface area contributed by atoms with Crippen LogP contribution in [0.2, 0.25) is 0 Å². The fraction of sp³-hybridized carbons (Fsp3) is 0.360. The van der Waals surface area contributed by atoms with Gasteiger partial charge in [-0.15, -0.1) is 11.3 Å². The smallest absolute Gasteiger partial charge is 0.408 e. The predicted octanol–water partition coefficient (Wildman–Crippen LogP) is 5.27. The van der Waals surface area contributed by atoms with Gasteiger partial charge < -0.3 is 30.7 Å². The number of hydrogen-bond acceptors (Lipinski definition) is 11. The number of alkyl halides is 2. The summed E-state index contributed by atoms with van der Waals surface area (Å²) in [6, 6.07) is 7.92. The Labute approximate surface area is 239 Å². The molecule has 0 saturated heterocycles. The van der Waals surface area contributed by atoms with Crippen LogP contribution in [0.1, 0.15) is 34.6 Å². The summed E-state index contributed by atoms with van der Waals surface area (Å²) in [6.45, 7) is 4.66. The number of anilines is 5. The molecule has 1 aromatic carbocycles. The minimum atomic E-state index is -3.67. The van der Waals surface area contributed by atoms with Crippen molar-refractivity contribution in [3.05, 3.63) is 41.9 Å². The highest BCUT2D eigenvalue weighted by Crippen LogP contribution is 2.35. The molecule has 0 atom stereocenters. The number of halogens is 2. The van der Waals surface area contributed by atoms with Crippen LogP contribution in [0.15, 0.2) is 46.1 Å². The zero-order valence-electron chi connectivity index (χ0n) is 22.8. The van der Waals surface area contributed by atoms with Crippen LogP contribution in [0.5, 0.6) is 5.75 Å². The number of thiophene rings is 1. The topological polar surface area (TPSA) is 161 Å². The Morgan fingerprint density at radius 1 is 1.10 bits per heavy atom. The predicted molar refractivity (Wildman–Crippen MR) is 151 cm³/mol. The highest BCUT2D eigenvalue weighted by atomic mass is 32.2. The third-order valence-corrected chi connectivity index (χ3v) is 8.60. The van der Waals surface area contributed by atoms with Crippen LogP contribution in [0.3, 0.4) is 0 Å². The second-order valence-corrected chi connectivity index (χ2v) is 13.4. The lowest BCUT2D eigenvalue weighted by Gasteiger charge is -2.19. The third kappa shape index (κ3) is 9.24. The molecule has 0 aliphatic rings. The SMILES string of the molecule is CC(C)S(=O)(=O)c1sccc1Nc1nc(Nc2cccc(NC(=O)CNC(=O)OC(C)(C)C)c2)ncc1OC(F)F. The van der Waals surface area contributed by atoms with Crippen LogP contribution in [0.25, 0.3) is 0 Å². The van der Waals surface area contributed by atoms with E-state index < -0.39 is 45.0 Å². The Kier molecular flexibility index (Phi) is 10.0. The maximum absolute atomic E-state index is 13.0. The van der Waals surface area contributed by atoms with Crippen molar-refractivity contribution in [3.8, 4) is 5.75 Å². The Hall–Kier alpha value is -4.05. The summed E-state index contributed by atoms with van der Waals surface area (Å²) >= 11 is 0.981. The largest absolute Gasteiger partial charge is 0.444 e. The molecule has 16 heteroatoms. The van der Waals surface area contributed by atoms with Crippen LogP contribution in [0.4, 0.5) is 42.4 Å². The first-order valence-corrected chi connectivity index (χ1v) is 14.6. The number of aromatic nitrogens is 2. The molecule has 0 aliphatic carbocycles. The summed E-state index contributed by atoms with van der Waals surface area (Å²) in [4.78, 5) is 32.2. The molecule has 0 fully saturated rings. The van der Waals surface area contributed by atoms with E-state index in [1.54, 1.807) is 50.4 Å². The molecule has 0 radical (unpaired) electrons. The first kappa shape index (κ1) is 31.5. The van der Waals surface area contributed by atoms with Gasteiger partial charge in [-0.05, 0) is 64.3 Å². The highest BCUT2D eigenvalue weighted by Gasteiger charge is 2.25. The lowest BCUT2D eigenvalue weighted by Crippen LogP contribution is -2.37. The van der Waals surface area contributed by atoms with Crippen molar-refractivity contribution in [1.82, 2.24) is 15.3 Å². The summed E-state index contributed by atoms with van der Waals surface area (Å²) in [5, 5.41) is 11.5. The van der Waals surface area contributed by atoms with Crippen molar-refractivity contribution in [3.63, 3.8) is 0 Å². The number of ether oxygens (including phenoxy) is 2. The Balaban J connectivity index is 1.76. The maximum Gasteiger partial charge on any atom is 0.408 e. The summed E-state index contributed by atoms with van der Waals surface area (Å²) in [5.74, 6) is -1.14. The minimum Gasteiger partial charge on any atom is -0.444 e. The van der Waals surface area contributed by atoms with E-state index in [4.69, 9.17) is 4.74 Å². The number of amides is 2. The van der Waals surface area contributed by atoms with Gasteiger partial charge in [0.15, 0.2) is 21.4 Å². The van der Waals surface area contributed by atoms with Gasteiger partial charge >= 0.3 is 12.7 Å². The Morgan fingerprint density at radius 3 is 2.46 bits per heavy atom. The number of alkyl carbamates (subject to hydrolysis) is 1. The second kappa shape index (κ2) is 13.1. The molecular formula is C25H30F2N6O6S2. The zero-order valence-corrected chi connectivity index (χ0v) is 24.5. The molecule has 0 spiro atoms. The molecular weight excluding hydrogens is 582 g/mol. The number of nitrogens with zero attached hydrogens (tertiary/aromatic N) is 2. The van der Waals surface area contributed by atoms with E-state index in [0.717, 1.165) is 17.5 Å². The number of benzene rings is 1. The van der Waals surface area contributed by atoms with Crippen molar-refractivity contribution < 1.29 is 36.3 Å². The quantitative estimate of drug-likeness (QED) is 0.224. The molecule has 0 aliphatic heterocycles. The summed E-state index contributed by atoms with van der Waals surface area (Å²) < 4.78 is 61.2. The van der Waals surface area contributed by atoms with Gasteiger partial charge in [0.1, 0.15) is 16.4 Å². The van der Waals surface area contributed by atoms with Gasteiger partial charge in [-0.2, -0.15) is 13.8 Å². The van der Waals surface area contributed by atoms with E-state index in [2.05, 4.69) is 36.0 Å². The molecule has 2 aromatic heterocycles. The summed E-state index contributed by atoms with van der Waals surface area (Å²) in [7, 11) is -3.67. The molecule has 0 saturated carbocycles. The monoisotopic (exact) mass is 612 g/mol. The average Bonchev–Trinajstić information content (AvgIpc) is 3.32. The van der Waals surface area contributed by atoms with Crippen molar-refractivity contribution >= 4 is 62.0 Å².